The maximum Gasteiger partial charge on any atom is 0.309 e. The summed E-state index contributed by atoms with van der Waals surface area (Å²) in [4.78, 5) is 11.3. The highest BCUT2D eigenvalue weighted by atomic mass is 16.6. The van der Waals surface area contributed by atoms with Crippen LogP contribution in [0.2, 0.25) is 0 Å². The molecule has 2 bridgehead atoms. The van der Waals surface area contributed by atoms with E-state index in [1.54, 1.807) is 0 Å². The summed E-state index contributed by atoms with van der Waals surface area (Å²) in [6, 6.07) is 0. The zero-order valence-corrected chi connectivity index (χ0v) is 8.29. The fourth-order valence-electron chi connectivity index (χ4n) is 2.72. The summed E-state index contributed by atoms with van der Waals surface area (Å²) in [6.07, 6.45) is 7.52. The van der Waals surface area contributed by atoms with Crippen LogP contribution in [0, 0.1) is 11.8 Å². The number of ether oxygens (including phenoxy) is 1. The Bertz CT molecular complexity index is 200. The molecule has 0 spiro atoms. The second kappa shape index (κ2) is 3.69. The van der Waals surface area contributed by atoms with Crippen LogP contribution in [0.1, 0.15) is 45.4 Å². The molecule has 1 saturated carbocycles. The molecule has 0 aromatic rings. The molecule has 0 radical (unpaired) electrons. The molecule has 2 rings (SSSR count). The summed E-state index contributed by atoms with van der Waals surface area (Å²) in [5.74, 6) is 0.915. The van der Waals surface area contributed by atoms with Crippen LogP contribution in [0.5, 0.6) is 0 Å². The zero-order chi connectivity index (χ0) is 9.26. The standard InChI is InChI=1S/C11H18O2/c1-2-3-4-5-8-9-6-7-10(8)13-11(9)12/h8-10H,2-7H2,1H3/t8-,9-,10+/m0/s1. The van der Waals surface area contributed by atoms with Crippen LogP contribution in [0.15, 0.2) is 0 Å². The minimum atomic E-state index is 0.0812. The summed E-state index contributed by atoms with van der Waals surface area (Å²) in [6.45, 7) is 2.21. The van der Waals surface area contributed by atoms with Gasteiger partial charge < -0.3 is 4.74 Å². The third-order valence-electron chi connectivity index (χ3n) is 3.47. The highest BCUT2D eigenvalue weighted by Gasteiger charge is 2.48. The Morgan fingerprint density at radius 3 is 2.77 bits per heavy atom. The summed E-state index contributed by atoms with van der Waals surface area (Å²) >= 11 is 0. The van der Waals surface area contributed by atoms with Gasteiger partial charge in [0.25, 0.3) is 0 Å². The monoisotopic (exact) mass is 182 g/mol. The summed E-state index contributed by atoms with van der Waals surface area (Å²) < 4.78 is 5.26. The number of carbonyl (C=O) groups is 1. The predicted molar refractivity (Wildman–Crippen MR) is 50.2 cm³/mol. The molecule has 2 fully saturated rings. The first-order valence-corrected chi connectivity index (χ1v) is 5.53. The summed E-state index contributed by atoms with van der Waals surface area (Å²) in [7, 11) is 0. The molecule has 3 atom stereocenters. The lowest BCUT2D eigenvalue weighted by Gasteiger charge is -2.11. The first-order chi connectivity index (χ1) is 6.33. The Morgan fingerprint density at radius 2 is 2.23 bits per heavy atom. The quantitative estimate of drug-likeness (QED) is 0.493. The van der Waals surface area contributed by atoms with Crippen molar-refractivity contribution in [1.29, 1.82) is 0 Å². The van der Waals surface area contributed by atoms with Crippen molar-refractivity contribution in [3.8, 4) is 0 Å². The van der Waals surface area contributed by atoms with Crippen molar-refractivity contribution < 1.29 is 9.53 Å². The molecule has 0 amide bonds. The van der Waals surface area contributed by atoms with Crippen LogP contribution in [0.4, 0.5) is 0 Å². The van der Waals surface area contributed by atoms with Crippen molar-refractivity contribution in [2.75, 3.05) is 0 Å². The van der Waals surface area contributed by atoms with Gasteiger partial charge in [-0.1, -0.05) is 26.2 Å². The third kappa shape index (κ3) is 1.59. The largest absolute Gasteiger partial charge is 0.462 e. The highest BCUT2D eigenvalue weighted by molar-refractivity contribution is 5.76. The Labute approximate surface area is 79.7 Å². The van der Waals surface area contributed by atoms with Gasteiger partial charge in [0.2, 0.25) is 0 Å². The van der Waals surface area contributed by atoms with E-state index in [2.05, 4.69) is 6.92 Å². The topological polar surface area (TPSA) is 26.3 Å². The van der Waals surface area contributed by atoms with E-state index in [1.165, 1.54) is 25.7 Å². The summed E-state index contributed by atoms with van der Waals surface area (Å²) in [5, 5.41) is 0. The molecule has 1 aliphatic carbocycles. The molecule has 1 aliphatic heterocycles. The first kappa shape index (κ1) is 9.04. The lowest BCUT2D eigenvalue weighted by Crippen LogP contribution is -2.13. The van der Waals surface area contributed by atoms with Gasteiger partial charge in [-0.25, -0.2) is 0 Å². The fourth-order valence-corrected chi connectivity index (χ4v) is 2.72. The average Bonchev–Trinajstić information content (AvgIpc) is 2.62. The lowest BCUT2D eigenvalue weighted by atomic mass is 9.92. The van der Waals surface area contributed by atoms with Crippen LogP contribution in [-0.2, 0) is 9.53 Å². The molecular formula is C11H18O2. The van der Waals surface area contributed by atoms with E-state index >= 15 is 0 Å². The molecule has 1 heterocycles. The number of hydrogen-bond donors (Lipinski definition) is 0. The number of rotatable bonds is 4. The Balaban J connectivity index is 1.83. The van der Waals surface area contributed by atoms with E-state index in [4.69, 9.17) is 4.74 Å². The third-order valence-corrected chi connectivity index (χ3v) is 3.47. The smallest absolute Gasteiger partial charge is 0.309 e. The fraction of sp³-hybridized carbons (Fsp3) is 0.909. The van der Waals surface area contributed by atoms with Crippen LogP contribution < -0.4 is 0 Å². The van der Waals surface area contributed by atoms with Crippen molar-refractivity contribution >= 4 is 5.97 Å². The van der Waals surface area contributed by atoms with Gasteiger partial charge in [-0.15, -0.1) is 0 Å². The molecule has 1 saturated heterocycles. The van der Waals surface area contributed by atoms with E-state index in [0.717, 1.165) is 12.8 Å². The van der Waals surface area contributed by atoms with E-state index in [0.29, 0.717) is 5.92 Å². The van der Waals surface area contributed by atoms with Gasteiger partial charge in [0, 0.05) is 5.92 Å². The van der Waals surface area contributed by atoms with E-state index in [-0.39, 0.29) is 18.0 Å². The van der Waals surface area contributed by atoms with Gasteiger partial charge in [0.05, 0.1) is 5.92 Å². The van der Waals surface area contributed by atoms with Gasteiger partial charge in [0.1, 0.15) is 6.10 Å². The lowest BCUT2D eigenvalue weighted by molar-refractivity contribution is -0.147. The summed E-state index contributed by atoms with van der Waals surface area (Å²) in [5.41, 5.74) is 0. The molecule has 0 aromatic carbocycles. The maximum absolute atomic E-state index is 11.3. The molecule has 74 valence electrons. The van der Waals surface area contributed by atoms with Gasteiger partial charge in [-0.05, 0) is 19.3 Å². The van der Waals surface area contributed by atoms with Crippen molar-refractivity contribution in [3.05, 3.63) is 0 Å². The van der Waals surface area contributed by atoms with Gasteiger partial charge in [-0.2, -0.15) is 0 Å². The number of esters is 1. The van der Waals surface area contributed by atoms with Crippen molar-refractivity contribution in [2.24, 2.45) is 11.8 Å². The number of unbranched alkanes of at least 4 members (excludes halogenated alkanes) is 2. The van der Waals surface area contributed by atoms with Crippen molar-refractivity contribution in [1.82, 2.24) is 0 Å². The molecule has 2 heteroatoms. The second-order valence-electron chi connectivity index (χ2n) is 4.32. The van der Waals surface area contributed by atoms with Crippen LogP contribution in [-0.4, -0.2) is 12.1 Å². The minimum absolute atomic E-state index is 0.0812. The van der Waals surface area contributed by atoms with Gasteiger partial charge in [0.15, 0.2) is 0 Å². The number of fused-ring (bicyclic) bond motifs is 2. The van der Waals surface area contributed by atoms with E-state index in [1.807, 2.05) is 0 Å². The molecule has 13 heavy (non-hydrogen) atoms. The first-order valence-electron chi connectivity index (χ1n) is 5.53. The minimum Gasteiger partial charge on any atom is -0.462 e. The van der Waals surface area contributed by atoms with Crippen molar-refractivity contribution in [2.45, 2.75) is 51.6 Å². The van der Waals surface area contributed by atoms with E-state index in [9.17, 15) is 4.79 Å². The van der Waals surface area contributed by atoms with Gasteiger partial charge >= 0.3 is 5.97 Å². The second-order valence-corrected chi connectivity index (χ2v) is 4.32. The molecule has 2 aliphatic rings. The molecule has 0 unspecified atom stereocenters. The maximum atomic E-state index is 11.3. The van der Waals surface area contributed by atoms with E-state index < -0.39 is 0 Å². The Kier molecular flexibility index (Phi) is 2.56. The Morgan fingerprint density at radius 1 is 1.38 bits per heavy atom. The Hall–Kier alpha value is -0.530. The molecule has 2 nitrogen and oxygen atoms in total. The number of hydrogen-bond acceptors (Lipinski definition) is 2. The normalized spacial score (nSPS) is 36.7. The van der Waals surface area contributed by atoms with Crippen molar-refractivity contribution in [3.63, 3.8) is 0 Å². The van der Waals surface area contributed by atoms with Crippen LogP contribution >= 0.6 is 0 Å². The molecular weight excluding hydrogens is 164 g/mol. The zero-order valence-electron chi connectivity index (χ0n) is 8.29. The number of carbonyl (C=O) groups excluding carboxylic acids is 1. The average molecular weight is 182 g/mol. The predicted octanol–water partition coefficient (Wildman–Crippen LogP) is 2.52. The molecule has 0 aromatic heterocycles. The van der Waals surface area contributed by atoms with Crippen LogP contribution in [0.25, 0.3) is 0 Å². The van der Waals surface area contributed by atoms with Crippen LogP contribution in [0.3, 0.4) is 0 Å². The highest BCUT2D eigenvalue weighted by Crippen LogP contribution is 2.44. The molecule has 0 N–H and O–H groups in total. The van der Waals surface area contributed by atoms with Gasteiger partial charge in [-0.3, -0.25) is 4.79 Å². The SMILES string of the molecule is CCCCC[C@H]1[C@@H]2CC[C@H]1OC2=O.